The number of fused-ring (bicyclic) bond motifs is 1. The third kappa shape index (κ3) is 4.28. The molecule has 5 rings (SSSR count). The minimum atomic E-state index is -0.0693. The fourth-order valence-electron chi connectivity index (χ4n) is 3.38. The lowest BCUT2D eigenvalue weighted by molar-refractivity contribution is 0.0784. The molecule has 0 aliphatic heterocycles. The molecule has 0 bridgehead atoms. The van der Waals surface area contributed by atoms with Crippen LogP contribution in [0.5, 0.6) is 0 Å². The Morgan fingerprint density at radius 3 is 2.71 bits per heavy atom. The fourth-order valence-corrected chi connectivity index (χ4v) is 5.01. The zero-order valence-corrected chi connectivity index (χ0v) is 18.5. The quantitative estimate of drug-likeness (QED) is 0.328. The van der Waals surface area contributed by atoms with Crippen LogP contribution in [-0.2, 0) is 13.0 Å². The number of thiophene rings is 1. The van der Waals surface area contributed by atoms with Crippen LogP contribution in [0.1, 0.15) is 27.5 Å². The number of hydrogen-bond acceptors (Lipinski definition) is 6. The summed E-state index contributed by atoms with van der Waals surface area (Å²) in [5, 5.41) is 5.04. The van der Waals surface area contributed by atoms with Gasteiger partial charge in [-0.1, -0.05) is 36.4 Å². The van der Waals surface area contributed by atoms with Gasteiger partial charge in [-0.3, -0.25) is 4.79 Å². The normalized spacial score (nSPS) is 11.1. The second-order valence-electron chi connectivity index (χ2n) is 7.23. The Balaban J connectivity index is 1.30. The number of nitrogens with zero attached hydrogens (tertiary/aromatic N) is 3. The maximum atomic E-state index is 13.0. The van der Waals surface area contributed by atoms with Crippen LogP contribution in [0.25, 0.3) is 21.0 Å². The summed E-state index contributed by atoms with van der Waals surface area (Å²) >= 11 is 3.27. The minimum absolute atomic E-state index is 0.0693. The van der Waals surface area contributed by atoms with Crippen molar-refractivity contribution < 1.29 is 9.21 Å². The Kier molecular flexibility index (Phi) is 5.36. The van der Waals surface area contributed by atoms with Gasteiger partial charge in [0.25, 0.3) is 5.91 Å². The average Bonchev–Trinajstić information content (AvgIpc) is 3.53. The van der Waals surface area contributed by atoms with Gasteiger partial charge in [-0.05, 0) is 35.2 Å². The molecule has 0 unspecified atom stereocenters. The molecular weight excluding hydrogens is 426 g/mol. The molecule has 0 radical (unpaired) electrons. The van der Waals surface area contributed by atoms with E-state index < -0.39 is 0 Å². The number of carbonyl (C=O) groups is 1. The highest BCUT2D eigenvalue weighted by Gasteiger charge is 2.16. The SMILES string of the molecule is CN(Cc1csc(-c2cccs2)n1)C(=O)c1ccc2oc(Cc3ccccc3)nc2c1. The maximum Gasteiger partial charge on any atom is 0.254 e. The van der Waals surface area contributed by atoms with E-state index in [2.05, 4.69) is 16.0 Å². The molecule has 31 heavy (non-hydrogen) atoms. The Labute approximate surface area is 187 Å². The van der Waals surface area contributed by atoms with E-state index in [9.17, 15) is 4.79 Å². The van der Waals surface area contributed by atoms with Crippen molar-refractivity contribution in [2.75, 3.05) is 7.05 Å². The number of amides is 1. The van der Waals surface area contributed by atoms with Crippen LogP contribution < -0.4 is 0 Å². The first-order valence-electron chi connectivity index (χ1n) is 9.83. The number of carbonyl (C=O) groups excluding carboxylic acids is 1. The third-order valence-corrected chi connectivity index (χ3v) is 6.84. The second-order valence-corrected chi connectivity index (χ2v) is 9.04. The number of benzene rings is 2. The van der Waals surface area contributed by atoms with Gasteiger partial charge in [-0.15, -0.1) is 22.7 Å². The van der Waals surface area contributed by atoms with Crippen molar-refractivity contribution in [1.82, 2.24) is 14.9 Å². The van der Waals surface area contributed by atoms with Gasteiger partial charge in [-0.2, -0.15) is 0 Å². The molecule has 0 aliphatic carbocycles. The molecule has 3 aromatic heterocycles. The van der Waals surface area contributed by atoms with Crippen LogP contribution in [0.2, 0.25) is 0 Å². The van der Waals surface area contributed by atoms with Gasteiger partial charge in [0, 0.05) is 24.4 Å². The molecule has 0 saturated heterocycles. The molecule has 0 aliphatic rings. The monoisotopic (exact) mass is 445 g/mol. The van der Waals surface area contributed by atoms with Crippen LogP contribution in [0.3, 0.4) is 0 Å². The van der Waals surface area contributed by atoms with Crippen molar-refractivity contribution in [3.63, 3.8) is 0 Å². The molecule has 0 N–H and O–H groups in total. The third-order valence-electron chi connectivity index (χ3n) is 4.91. The Hall–Kier alpha value is -3.29. The lowest BCUT2D eigenvalue weighted by atomic mass is 10.1. The van der Waals surface area contributed by atoms with Gasteiger partial charge >= 0.3 is 0 Å². The smallest absolute Gasteiger partial charge is 0.254 e. The lowest BCUT2D eigenvalue weighted by Gasteiger charge is -2.15. The number of oxazole rings is 1. The summed E-state index contributed by atoms with van der Waals surface area (Å²) in [5.74, 6) is 0.572. The highest BCUT2D eigenvalue weighted by molar-refractivity contribution is 7.20. The second kappa shape index (κ2) is 8.45. The molecule has 3 heterocycles. The Morgan fingerprint density at radius 1 is 1.03 bits per heavy atom. The molecule has 0 atom stereocenters. The molecule has 0 spiro atoms. The Morgan fingerprint density at radius 2 is 1.90 bits per heavy atom. The minimum Gasteiger partial charge on any atom is -0.440 e. The van der Waals surface area contributed by atoms with Crippen LogP contribution in [-0.4, -0.2) is 27.8 Å². The highest BCUT2D eigenvalue weighted by Crippen LogP contribution is 2.28. The summed E-state index contributed by atoms with van der Waals surface area (Å²) in [7, 11) is 1.79. The van der Waals surface area contributed by atoms with Crippen LogP contribution in [0, 0.1) is 0 Å². The first kappa shape index (κ1) is 19.7. The van der Waals surface area contributed by atoms with Gasteiger partial charge in [0.2, 0.25) is 0 Å². The molecule has 154 valence electrons. The zero-order chi connectivity index (χ0) is 21.2. The fraction of sp³-hybridized carbons (Fsp3) is 0.125. The summed E-state index contributed by atoms with van der Waals surface area (Å²) in [6.45, 7) is 0.455. The van der Waals surface area contributed by atoms with E-state index >= 15 is 0 Å². The van der Waals surface area contributed by atoms with Gasteiger partial charge in [0.05, 0.1) is 17.1 Å². The summed E-state index contributed by atoms with van der Waals surface area (Å²) in [6, 6.07) is 19.5. The van der Waals surface area contributed by atoms with Crippen molar-refractivity contribution in [2.45, 2.75) is 13.0 Å². The van der Waals surface area contributed by atoms with E-state index in [1.54, 1.807) is 46.8 Å². The molecular formula is C24H19N3O2S2. The van der Waals surface area contributed by atoms with Crippen LogP contribution in [0.15, 0.2) is 75.8 Å². The number of hydrogen-bond donors (Lipinski definition) is 0. The van der Waals surface area contributed by atoms with Gasteiger partial charge < -0.3 is 9.32 Å². The first-order chi connectivity index (χ1) is 15.2. The first-order valence-corrected chi connectivity index (χ1v) is 11.6. The van der Waals surface area contributed by atoms with Gasteiger partial charge in [-0.25, -0.2) is 9.97 Å². The predicted octanol–water partition coefficient (Wildman–Crippen LogP) is 5.88. The van der Waals surface area contributed by atoms with Crippen LogP contribution in [0.4, 0.5) is 0 Å². The molecule has 5 aromatic rings. The molecule has 0 saturated carbocycles. The van der Waals surface area contributed by atoms with E-state index in [1.165, 1.54) is 0 Å². The van der Waals surface area contributed by atoms with E-state index in [-0.39, 0.29) is 5.91 Å². The number of thiazole rings is 1. The number of rotatable bonds is 6. The van der Waals surface area contributed by atoms with E-state index in [4.69, 9.17) is 4.42 Å². The standard InChI is InChI=1S/C24H19N3O2S2/c1-27(14-18-15-31-23(25-18)21-8-5-11-30-21)24(28)17-9-10-20-19(13-17)26-22(29-20)12-16-6-3-2-4-7-16/h2-11,13,15H,12,14H2,1H3. The lowest BCUT2D eigenvalue weighted by Crippen LogP contribution is -2.26. The van der Waals surface area contributed by atoms with Crippen molar-refractivity contribution in [1.29, 1.82) is 0 Å². The molecule has 7 heteroatoms. The van der Waals surface area contributed by atoms with Crippen molar-refractivity contribution in [3.8, 4) is 9.88 Å². The number of aromatic nitrogens is 2. The van der Waals surface area contributed by atoms with Crippen molar-refractivity contribution in [2.24, 2.45) is 0 Å². The topological polar surface area (TPSA) is 59.2 Å². The van der Waals surface area contributed by atoms with E-state index in [1.807, 2.05) is 53.2 Å². The van der Waals surface area contributed by atoms with Crippen molar-refractivity contribution in [3.05, 3.63) is 94.1 Å². The molecule has 0 fully saturated rings. The largest absolute Gasteiger partial charge is 0.440 e. The molecule has 5 nitrogen and oxygen atoms in total. The summed E-state index contributed by atoms with van der Waals surface area (Å²) < 4.78 is 5.86. The van der Waals surface area contributed by atoms with Gasteiger partial charge in [0.1, 0.15) is 10.5 Å². The maximum absolute atomic E-state index is 13.0. The summed E-state index contributed by atoms with van der Waals surface area (Å²) in [5.41, 5.74) is 3.99. The predicted molar refractivity (Wildman–Crippen MR) is 124 cm³/mol. The molecule has 2 aromatic carbocycles. The summed E-state index contributed by atoms with van der Waals surface area (Å²) in [4.78, 5) is 25.0. The van der Waals surface area contributed by atoms with E-state index in [0.717, 1.165) is 21.1 Å². The van der Waals surface area contributed by atoms with Crippen LogP contribution >= 0.6 is 22.7 Å². The summed E-state index contributed by atoms with van der Waals surface area (Å²) in [6.07, 6.45) is 0.620. The van der Waals surface area contributed by atoms with E-state index in [0.29, 0.717) is 35.5 Å². The highest BCUT2D eigenvalue weighted by atomic mass is 32.1. The van der Waals surface area contributed by atoms with Crippen molar-refractivity contribution >= 4 is 39.7 Å². The Bertz CT molecular complexity index is 1320. The van der Waals surface area contributed by atoms with Gasteiger partial charge in [0.15, 0.2) is 11.5 Å². The average molecular weight is 446 g/mol. The molecule has 1 amide bonds. The zero-order valence-electron chi connectivity index (χ0n) is 16.8.